The molecule has 0 unspecified atom stereocenters. The van der Waals surface area contributed by atoms with E-state index < -0.39 is 17.6 Å². The Bertz CT molecular complexity index is 1130. The molecule has 2 amide bonds. The first kappa shape index (κ1) is 20.2. The summed E-state index contributed by atoms with van der Waals surface area (Å²) in [6.45, 7) is 0.788. The molecule has 0 bridgehead atoms. The van der Waals surface area contributed by atoms with Gasteiger partial charge in [-0.25, -0.2) is 8.78 Å². The van der Waals surface area contributed by atoms with E-state index in [0.29, 0.717) is 25.9 Å². The van der Waals surface area contributed by atoms with E-state index in [-0.39, 0.29) is 22.4 Å². The molecule has 30 heavy (non-hydrogen) atoms. The van der Waals surface area contributed by atoms with Crippen LogP contribution < -0.4 is 5.32 Å². The molecule has 1 aromatic heterocycles. The number of pyridine rings is 1. The maximum Gasteiger partial charge on any atom is 0.313 e. The summed E-state index contributed by atoms with van der Waals surface area (Å²) in [5.41, 5.74) is 1.88. The first-order valence-corrected chi connectivity index (χ1v) is 9.89. The molecule has 154 valence electrons. The molecule has 1 fully saturated rings. The molecule has 3 aromatic rings. The first-order valence-electron chi connectivity index (χ1n) is 9.52. The molecule has 8 heteroatoms. The van der Waals surface area contributed by atoms with Gasteiger partial charge in [-0.3, -0.25) is 14.6 Å². The average Bonchev–Trinajstić information content (AvgIpc) is 2.75. The normalized spacial score (nSPS) is 14.7. The number of hydrogen-bond acceptors (Lipinski definition) is 3. The molecule has 1 aliphatic rings. The summed E-state index contributed by atoms with van der Waals surface area (Å²) in [5.74, 6) is -2.36. The topological polar surface area (TPSA) is 62.3 Å². The molecule has 1 saturated heterocycles. The number of likely N-dealkylation sites (tertiary alicyclic amines) is 1. The van der Waals surface area contributed by atoms with Gasteiger partial charge in [0.25, 0.3) is 0 Å². The second kappa shape index (κ2) is 8.36. The molecule has 4 rings (SSSR count). The van der Waals surface area contributed by atoms with Crippen LogP contribution in [-0.4, -0.2) is 34.8 Å². The second-order valence-electron chi connectivity index (χ2n) is 7.21. The van der Waals surface area contributed by atoms with Gasteiger partial charge < -0.3 is 10.2 Å². The predicted molar refractivity (Wildman–Crippen MR) is 110 cm³/mol. The highest BCUT2D eigenvalue weighted by atomic mass is 35.5. The highest BCUT2D eigenvalue weighted by Gasteiger charge is 2.28. The number of nitrogens with zero attached hydrogens (tertiary/aromatic N) is 2. The van der Waals surface area contributed by atoms with E-state index in [0.717, 1.165) is 22.5 Å². The van der Waals surface area contributed by atoms with Crippen LogP contribution >= 0.6 is 11.6 Å². The standard InChI is InChI=1S/C22H18ClF2N3O2/c23-18-3-2-15(12-19(18)25)27-21(29)22(30)28-9-6-13(7-10-28)16-5-8-26-20-4-1-14(24)11-17(16)20/h1-5,8,11-13H,6-7,9-10H2,(H,27,29). The van der Waals surface area contributed by atoms with Gasteiger partial charge in [0, 0.05) is 30.4 Å². The Morgan fingerprint density at radius 3 is 2.57 bits per heavy atom. The van der Waals surface area contributed by atoms with Crippen LogP contribution in [0, 0.1) is 11.6 Å². The van der Waals surface area contributed by atoms with E-state index in [1.54, 1.807) is 12.3 Å². The van der Waals surface area contributed by atoms with Crippen molar-refractivity contribution in [2.24, 2.45) is 0 Å². The number of rotatable bonds is 2. The second-order valence-corrected chi connectivity index (χ2v) is 7.62. The number of carbonyl (C=O) groups is 2. The number of fused-ring (bicyclic) bond motifs is 1. The van der Waals surface area contributed by atoms with Crippen LogP contribution in [0.15, 0.2) is 48.7 Å². The number of nitrogens with one attached hydrogen (secondary N) is 1. The third kappa shape index (κ3) is 4.11. The molecule has 2 aromatic carbocycles. The molecule has 0 saturated carbocycles. The lowest BCUT2D eigenvalue weighted by molar-refractivity contribution is -0.143. The van der Waals surface area contributed by atoms with Gasteiger partial charge in [0.15, 0.2) is 0 Å². The fourth-order valence-corrected chi connectivity index (χ4v) is 3.91. The molecule has 1 aliphatic heterocycles. The molecule has 1 N–H and O–H groups in total. The van der Waals surface area contributed by atoms with Gasteiger partial charge in [-0.05, 0) is 66.8 Å². The zero-order valence-electron chi connectivity index (χ0n) is 15.9. The molecule has 0 spiro atoms. The Balaban J connectivity index is 1.42. The molecule has 2 heterocycles. The van der Waals surface area contributed by atoms with Crippen LogP contribution in [0.3, 0.4) is 0 Å². The van der Waals surface area contributed by atoms with Gasteiger partial charge in [0.1, 0.15) is 11.6 Å². The Morgan fingerprint density at radius 1 is 1.07 bits per heavy atom. The Labute approximate surface area is 176 Å². The predicted octanol–water partition coefficient (Wildman–Crippen LogP) is 4.51. The summed E-state index contributed by atoms with van der Waals surface area (Å²) in [7, 11) is 0. The summed E-state index contributed by atoms with van der Waals surface area (Å²) < 4.78 is 27.2. The lowest BCUT2D eigenvalue weighted by Gasteiger charge is -2.32. The van der Waals surface area contributed by atoms with Crippen LogP contribution in [0.1, 0.15) is 24.3 Å². The van der Waals surface area contributed by atoms with Crippen molar-refractivity contribution >= 4 is 40.0 Å². The van der Waals surface area contributed by atoms with Gasteiger partial charge in [-0.2, -0.15) is 0 Å². The van der Waals surface area contributed by atoms with E-state index >= 15 is 0 Å². The van der Waals surface area contributed by atoms with Crippen molar-refractivity contribution in [2.45, 2.75) is 18.8 Å². The van der Waals surface area contributed by atoms with Gasteiger partial charge >= 0.3 is 11.8 Å². The third-order valence-corrected chi connectivity index (χ3v) is 5.64. The zero-order chi connectivity index (χ0) is 21.3. The number of carbonyl (C=O) groups excluding carboxylic acids is 2. The Hall–Kier alpha value is -3.06. The SMILES string of the molecule is O=C(Nc1ccc(Cl)c(F)c1)C(=O)N1CCC(c2ccnc3ccc(F)cc23)CC1. The molecule has 5 nitrogen and oxygen atoms in total. The maximum absolute atomic E-state index is 13.7. The van der Waals surface area contributed by atoms with Crippen LogP contribution in [0.25, 0.3) is 10.9 Å². The minimum absolute atomic E-state index is 0.0649. The minimum Gasteiger partial charge on any atom is -0.334 e. The van der Waals surface area contributed by atoms with Gasteiger partial charge in [-0.1, -0.05) is 11.6 Å². The van der Waals surface area contributed by atoms with Crippen molar-refractivity contribution in [1.82, 2.24) is 9.88 Å². The minimum atomic E-state index is -0.827. The molecule has 0 aliphatic carbocycles. The van der Waals surface area contributed by atoms with Gasteiger partial charge in [-0.15, -0.1) is 0 Å². The van der Waals surface area contributed by atoms with Crippen molar-refractivity contribution in [3.8, 4) is 0 Å². The van der Waals surface area contributed by atoms with Crippen molar-refractivity contribution in [3.05, 3.63) is 70.9 Å². The lowest BCUT2D eigenvalue weighted by Crippen LogP contribution is -2.43. The summed E-state index contributed by atoms with van der Waals surface area (Å²) in [5, 5.41) is 3.11. The number of benzene rings is 2. The fraction of sp³-hybridized carbons (Fsp3) is 0.227. The first-order chi connectivity index (χ1) is 14.4. The monoisotopic (exact) mass is 429 g/mol. The largest absolute Gasteiger partial charge is 0.334 e. The summed E-state index contributed by atoms with van der Waals surface area (Å²) in [6, 6.07) is 10.2. The van der Waals surface area contributed by atoms with Crippen LogP contribution in [0.4, 0.5) is 14.5 Å². The van der Waals surface area contributed by atoms with Crippen molar-refractivity contribution in [1.29, 1.82) is 0 Å². The third-order valence-electron chi connectivity index (χ3n) is 5.33. The number of amides is 2. The fourth-order valence-electron chi connectivity index (χ4n) is 3.79. The quantitative estimate of drug-likeness (QED) is 0.609. The van der Waals surface area contributed by atoms with Crippen LogP contribution in [0.2, 0.25) is 5.02 Å². The van der Waals surface area contributed by atoms with Crippen molar-refractivity contribution in [2.75, 3.05) is 18.4 Å². The summed E-state index contributed by atoms with van der Waals surface area (Å²) in [4.78, 5) is 30.5. The average molecular weight is 430 g/mol. The Morgan fingerprint density at radius 2 is 1.83 bits per heavy atom. The van der Waals surface area contributed by atoms with Gasteiger partial charge in [0.2, 0.25) is 0 Å². The maximum atomic E-state index is 13.7. The van der Waals surface area contributed by atoms with E-state index in [1.165, 1.54) is 29.2 Å². The summed E-state index contributed by atoms with van der Waals surface area (Å²) >= 11 is 5.62. The van der Waals surface area contributed by atoms with Crippen LogP contribution in [0.5, 0.6) is 0 Å². The van der Waals surface area contributed by atoms with Crippen LogP contribution in [-0.2, 0) is 9.59 Å². The highest BCUT2D eigenvalue weighted by molar-refractivity contribution is 6.39. The summed E-state index contributed by atoms with van der Waals surface area (Å²) in [6.07, 6.45) is 2.99. The number of anilines is 1. The zero-order valence-corrected chi connectivity index (χ0v) is 16.6. The molecular weight excluding hydrogens is 412 g/mol. The highest BCUT2D eigenvalue weighted by Crippen LogP contribution is 2.32. The molecule has 0 atom stereocenters. The van der Waals surface area contributed by atoms with Gasteiger partial charge in [0.05, 0.1) is 10.5 Å². The van der Waals surface area contributed by atoms with Crippen molar-refractivity contribution in [3.63, 3.8) is 0 Å². The number of aromatic nitrogens is 1. The smallest absolute Gasteiger partial charge is 0.313 e. The van der Waals surface area contributed by atoms with E-state index in [9.17, 15) is 18.4 Å². The number of hydrogen-bond donors (Lipinski definition) is 1. The molecular formula is C22H18ClF2N3O2. The number of halogens is 3. The Kier molecular flexibility index (Phi) is 5.63. The van der Waals surface area contributed by atoms with E-state index in [2.05, 4.69) is 10.3 Å². The number of piperidine rings is 1. The van der Waals surface area contributed by atoms with E-state index in [1.807, 2.05) is 6.07 Å². The lowest BCUT2D eigenvalue weighted by atomic mass is 9.87. The molecule has 0 radical (unpaired) electrons. The van der Waals surface area contributed by atoms with Crippen molar-refractivity contribution < 1.29 is 18.4 Å². The van der Waals surface area contributed by atoms with E-state index in [4.69, 9.17) is 11.6 Å².